The van der Waals surface area contributed by atoms with Crippen LogP contribution >= 0.6 is 11.6 Å². The van der Waals surface area contributed by atoms with Crippen LogP contribution < -0.4 is 10.2 Å². The van der Waals surface area contributed by atoms with E-state index >= 15 is 0 Å². The highest BCUT2D eigenvalue weighted by atomic mass is 35.5. The third kappa shape index (κ3) is 4.22. The predicted molar refractivity (Wildman–Crippen MR) is 102 cm³/mol. The molecule has 1 aliphatic heterocycles. The summed E-state index contributed by atoms with van der Waals surface area (Å²) in [5.74, 6) is 1.60. The van der Waals surface area contributed by atoms with Crippen LogP contribution in [0.5, 0.6) is 0 Å². The van der Waals surface area contributed by atoms with Crippen LogP contribution in [-0.4, -0.2) is 43.0 Å². The van der Waals surface area contributed by atoms with Gasteiger partial charge in [0.05, 0.1) is 11.5 Å². The number of halogens is 1. The van der Waals surface area contributed by atoms with Gasteiger partial charge in [0.15, 0.2) is 9.84 Å². The van der Waals surface area contributed by atoms with Crippen LogP contribution in [0.15, 0.2) is 24.3 Å². The maximum Gasteiger partial charge on any atom is 0.229 e. The molecule has 0 amide bonds. The first-order chi connectivity index (χ1) is 11.7. The molecule has 1 aromatic carbocycles. The topological polar surface area (TPSA) is 75.2 Å². The minimum Gasteiger partial charge on any atom is -0.355 e. The molecule has 6 nitrogen and oxygen atoms in total. The van der Waals surface area contributed by atoms with Crippen LogP contribution in [0.3, 0.4) is 0 Å². The van der Waals surface area contributed by atoms with E-state index in [1.165, 1.54) is 0 Å². The van der Waals surface area contributed by atoms with E-state index in [2.05, 4.69) is 15.3 Å². The number of hydrogen-bond donors (Lipinski definition) is 1. The SMILES string of the molecule is Cc1cc(N(C)C2CCS(=O)(=O)C2)nc(Nc2ccc(Cl)cc2C)n1. The van der Waals surface area contributed by atoms with Crippen molar-refractivity contribution in [2.24, 2.45) is 0 Å². The van der Waals surface area contributed by atoms with Crippen LogP contribution in [0.2, 0.25) is 5.02 Å². The Labute approximate surface area is 153 Å². The number of rotatable bonds is 4. The molecule has 3 rings (SSSR count). The van der Waals surface area contributed by atoms with E-state index in [1.54, 1.807) is 0 Å². The monoisotopic (exact) mass is 380 g/mol. The molecule has 2 aromatic rings. The van der Waals surface area contributed by atoms with Crippen molar-refractivity contribution in [1.82, 2.24) is 9.97 Å². The molecule has 0 aliphatic carbocycles. The number of nitrogens with zero attached hydrogens (tertiary/aromatic N) is 3. The molecular formula is C17H21ClN4O2S. The van der Waals surface area contributed by atoms with Gasteiger partial charge in [0, 0.05) is 35.6 Å². The molecule has 1 atom stereocenters. The van der Waals surface area contributed by atoms with Gasteiger partial charge < -0.3 is 10.2 Å². The third-order valence-electron chi connectivity index (χ3n) is 4.39. The van der Waals surface area contributed by atoms with Crippen LogP contribution in [0.4, 0.5) is 17.5 Å². The first kappa shape index (κ1) is 17.9. The van der Waals surface area contributed by atoms with E-state index in [0.29, 0.717) is 23.2 Å². The molecule has 0 bridgehead atoms. The lowest BCUT2D eigenvalue weighted by Gasteiger charge is -2.25. The fraction of sp³-hybridized carbons (Fsp3) is 0.412. The number of anilines is 3. The summed E-state index contributed by atoms with van der Waals surface area (Å²) in [6.45, 7) is 3.85. The van der Waals surface area contributed by atoms with Gasteiger partial charge >= 0.3 is 0 Å². The predicted octanol–water partition coefficient (Wildman–Crippen LogP) is 3.11. The smallest absolute Gasteiger partial charge is 0.229 e. The van der Waals surface area contributed by atoms with Gasteiger partial charge in [-0.15, -0.1) is 0 Å². The Hall–Kier alpha value is -1.86. The maximum atomic E-state index is 11.7. The molecule has 2 heterocycles. The van der Waals surface area contributed by atoms with Crippen molar-refractivity contribution in [2.75, 3.05) is 28.8 Å². The van der Waals surface area contributed by atoms with Crippen LogP contribution in [-0.2, 0) is 9.84 Å². The molecule has 0 spiro atoms. The van der Waals surface area contributed by atoms with Gasteiger partial charge in [-0.1, -0.05) is 11.6 Å². The molecule has 0 saturated carbocycles. The highest BCUT2D eigenvalue weighted by Gasteiger charge is 2.31. The zero-order valence-corrected chi connectivity index (χ0v) is 16.0. The van der Waals surface area contributed by atoms with Crippen molar-refractivity contribution < 1.29 is 8.42 Å². The normalized spacial score (nSPS) is 19.0. The second-order valence-electron chi connectivity index (χ2n) is 6.44. The minimum atomic E-state index is -2.94. The van der Waals surface area contributed by atoms with E-state index in [4.69, 9.17) is 11.6 Å². The summed E-state index contributed by atoms with van der Waals surface area (Å²) in [5, 5.41) is 3.89. The lowest BCUT2D eigenvalue weighted by molar-refractivity contribution is 0.600. The largest absolute Gasteiger partial charge is 0.355 e. The lowest BCUT2D eigenvalue weighted by atomic mass is 10.2. The Bertz CT molecular complexity index is 902. The number of benzene rings is 1. The lowest BCUT2D eigenvalue weighted by Crippen LogP contribution is -2.33. The summed E-state index contributed by atoms with van der Waals surface area (Å²) < 4.78 is 23.5. The first-order valence-electron chi connectivity index (χ1n) is 8.05. The number of hydrogen-bond acceptors (Lipinski definition) is 6. The first-order valence-corrected chi connectivity index (χ1v) is 10.3. The molecule has 1 saturated heterocycles. The van der Waals surface area contributed by atoms with Crippen LogP contribution in [0, 0.1) is 13.8 Å². The van der Waals surface area contributed by atoms with Gasteiger partial charge in [-0.2, -0.15) is 4.98 Å². The Balaban J connectivity index is 1.85. The highest BCUT2D eigenvalue weighted by Crippen LogP contribution is 2.25. The van der Waals surface area contributed by atoms with Gasteiger partial charge in [0.1, 0.15) is 5.82 Å². The summed E-state index contributed by atoms with van der Waals surface area (Å²) >= 11 is 5.99. The molecule has 134 valence electrons. The Kier molecular flexibility index (Phi) is 4.88. The standard InChI is InChI=1S/C17H21ClN4O2S/c1-11-8-13(18)4-5-15(11)20-17-19-12(2)9-16(21-17)22(3)14-6-7-25(23,24)10-14/h4-5,8-9,14H,6-7,10H2,1-3H3,(H,19,20,21). The molecule has 8 heteroatoms. The number of nitrogens with one attached hydrogen (secondary N) is 1. The zero-order chi connectivity index (χ0) is 18.2. The van der Waals surface area contributed by atoms with Crippen LogP contribution in [0.1, 0.15) is 17.7 Å². The summed E-state index contributed by atoms with van der Waals surface area (Å²) in [5.41, 5.74) is 2.69. The molecular weight excluding hydrogens is 360 g/mol. The van der Waals surface area contributed by atoms with Gasteiger partial charge in [0.2, 0.25) is 5.95 Å². The summed E-state index contributed by atoms with van der Waals surface area (Å²) in [4.78, 5) is 10.9. The van der Waals surface area contributed by atoms with Crippen molar-refractivity contribution in [1.29, 1.82) is 0 Å². The molecule has 1 aromatic heterocycles. The molecule has 1 aliphatic rings. The second kappa shape index (κ2) is 6.80. The third-order valence-corrected chi connectivity index (χ3v) is 6.38. The van der Waals surface area contributed by atoms with Gasteiger partial charge in [0.25, 0.3) is 0 Å². The van der Waals surface area contributed by atoms with E-state index in [1.807, 2.05) is 50.1 Å². The molecule has 0 radical (unpaired) electrons. The molecule has 1 N–H and O–H groups in total. The van der Waals surface area contributed by atoms with Crippen molar-refractivity contribution in [3.63, 3.8) is 0 Å². The Morgan fingerprint density at radius 3 is 2.64 bits per heavy atom. The van der Waals surface area contributed by atoms with Crippen molar-refractivity contribution in [3.8, 4) is 0 Å². The average molecular weight is 381 g/mol. The Morgan fingerprint density at radius 2 is 2.00 bits per heavy atom. The maximum absolute atomic E-state index is 11.7. The molecule has 1 fully saturated rings. The van der Waals surface area contributed by atoms with E-state index in [9.17, 15) is 8.42 Å². The summed E-state index contributed by atoms with van der Waals surface area (Å²) in [7, 11) is -1.06. The van der Waals surface area contributed by atoms with Crippen molar-refractivity contribution >= 4 is 38.9 Å². The van der Waals surface area contributed by atoms with Gasteiger partial charge in [-0.05, 0) is 44.0 Å². The average Bonchev–Trinajstić information content (AvgIpc) is 2.89. The zero-order valence-electron chi connectivity index (χ0n) is 14.5. The van der Waals surface area contributed by atoms with Crippen molar-refractivity contribution in [2.45, 2.75) is 26.3 Å². The van der Waals surface area contributed by atoms with Gasteiger partial charge in [-0.25, -0.2) is 13.4 Å². The van der Waals surface area contributed by atoms with E-state index < -0.39 is 9.84 Å². The molecule has 1 unspecified atom stereocenters. The number of aryl methyl sites for hydroxylation is 2. The highest BCUT2D eigenvalue weighted by molar-refractivity contribution is 7.91. The quantitative estimate of drug-likeness (QED) is 0.878. The fourth-order valence-corrected chi connectivity index (χ4v) is 4.95. The number of aromatic nitrogens is 2. The minimum absolute atomic E-state index is 0.0515. The second-order valence-corrected chi connectivity index (χ2v) is 9.11. The van der Waals surface area contributed by atoms with E-state index in [0.717, 1.165) is 16.9 Å². The van der Waals surface area contributed by atoms with Crippen LogP contribution in [0.25, 0.3) is 0 Å². The molecule has 25 heavy (non-hydrogen) atoms. The van der Waals surface area contributed by atoms with Gasteiger partial charge in [-0.3, -0.25) is 0 Å². The van der Waals surface area contributed by atoms with E-state index in [-0.39, 0.29) is 17.5 Å². The summed E-state index contributed by atoms with van der Waals surface area (Å²) in [6.07, 6.45) is 0.626. The van der Waals surface area contributed by atoms with Crippen molar-refractivity contribution in [3.05, 3.63) is 40.5 Å². The fourth-order valence-electron chi connectivity index (χ4n) is 2.94. The summed E-state index contributed by atoms with van der Waals surface area (Å²) in [6, 6.07) is 7.38. The number of sulfone groups is 1. The Morgan fingerprint density at radius 1 is 1.24 bits per heavy atom.